The third kappa shape index (κ3) is 2.36. The molecule has 1 aromatic rings. The Balaban J connectivity index is 2.86. The summed E-state index contributed by atoms with van der Waals surface area (Å²) in [5.41, 5.74) is 0. The molecule has 0 aromatic carbocycles. The minimum atomic E-state index is -3.59. The Morgan fingerprint density at radius 3 is 2.85 bits per heavy atom. The summed E-state index contributed by atoms with van der Waals surface area (Å²) in [4.78, 5) is 3.57. The monoisotopic (exact) mass is 217 g/mol. The number of nitrogens with one attached hydrogen (secondary N) is 1. The Morgan fingerprint density at radius 2 is 2.38 bits per heavy atom. The first kappa shape index (κ1) is 9.87. The number of hydrogen-bond donors (Lipinski definition) is 1. The fraction of sp³-hybridized carbons (Fsp3) is 0. The van der Waals surface area contributed by atoms with Crippen LogP contribution in [0.4, 0.5) is 5.13 Å². The molecule has 0 unspecified atom stereocenters. The van der Waals surface area contributed by atoms with Crippen LogP contribution >= 0.6 is 11.5 Å². The minimum Gasteiger partial charge on any atom is -0.253 e. The van der Waals surface area contributed by atoms with Crippen molar-refractivity contribution >= 4 is 26.7 Å². The Morgan fingerprint density at radius 1 is 1.69 bits per heavy atom. The number of sulfonamides is 1. The number of allylic oxidation sites excluding steroid dienone is 1. The van der Waals surface area contributed by atoms with E-state index in [1.807, 2.05) is 0 Å². The van der Waals surface area contributed by atoms with Crippen molar-refractivity contribution in [1.29, 1.82) is 0 Å². The van der Waals surface area contributed by atoms with Crippen molar-refractivity contribution in [3.63, 3.8) is 0 Å². The van der Waals surface area contributed by atoms with Gasteiger partial charge in [0.25, 0.3) is 10.0 Å². The van der Waals surface area contributed by atoms with Crippen LogP contribution in [0, 0.1) is 0 Å². The molecule has 0 saturated carbocycles. The molecule has 0 bridgehead atoms. The van der Waals surface area contributed by atoms with Crippen LogP contribution in [0.2, 0.25) is 0 Å². The van der Waals surface area contributed by atoms with Crippen molar-refractivity contribution in [2.45, 2.75) is 0 Å². The summed E-state index contributed by atoms with van der Waals surface area (Å²) in [6, 6.07) is 0. The van der Waals surface area contributed by atoms with Crippen LogP contribution in [0.3, 0.4) is 0 Å². The highest BCUT2D eigenvalue weighted by Gasteiger charge is 2.13. The highest BCUT2D eigenvalue weighted by molar-refractivity contribution is 7.96. The molecule has 0 aliphatic heterocycles. The molecular weight excluding hydrogens is 210 g/mol. The van der Waals surface area contributed by atoms with Gasteiger partial charge >= 0.3 is 0 Å². The van der Waals surface area contributed by atoms with E-state index in [9.17, 15) is 8.42 Å². The smallest absolute Gasteiger partial charge is 0.253 e. The van der Waals surface area contributed by atoms with Crippen molar-refractivity contribution in [3.8, 4) is 0 Å². The maximum Gasteiger partial charge on any atom is 0.263 e. The van der Waals surface area contributed by atoms with E-state index in [-0.39, 0.29) is 10.0 Å². The Labute approximate surface area is 80.0 Å². The van der Waals surface area contributed by atoms with E-state index in [0.29, 0.717) is 0 Å². The molecule has 1 rings (SSSR count). The molecule has 0 atom stereocenters. The summed E-state index contributed by atoms with van der Waals surface area (Å²) < 4.78 is 28.4. The molecule has 0 spiro atoms. The lowest BCUT2D eigenvalue weighted by Gasteiger charge is -2.02. The maximum atomic E-state index is 11.3. The molecule has 0 saturated heterocycles. The summed E-state index contributed by atoms with van der Waals surface area (Å²) in [5.74, 6) is 0. The van der Waals surface area contributed by atoms with Gasteiger partial charge in [0.1, 0.15) is 6.33 Å². The number of rotatable bonds is 4. The lowest BCUT2D eigenvalue weighted by molar-refractivity contribution is 0.608. The largest absolute Gasteiger partial charge is 0.263 e. The number of aromatic nitrogens is 2. The lowest BCUT2D eigenvalue weighted by atomic mass is 10.6. The van der Waals surface area contributed by atoms with Crippen LogP contribution in [-0.4, -0.2) is 17.8 Å². The van der Waals surface area contributed by atoms with E-state index < -0.39 is 10.0 Å². The second-order valence-corrected chi connectivity index (χ2v) is 4.54. The summed E-state index contributed by atoms with van der Waals surface area (Å²) in [7, 11) is -3.59. The number of anilines is 1. The van der Waals surface area contributed by atoms with Crippen LogP contribution < -0.4 is 4.72 Å². The van der Waals surface area contributed by atoms with Crippen LogP contribution in [-0.2, 0) is 10.0 Å². The van der Waals surface area contributed by atoms with E-state index in [0.717, 1.165) is 17.6 Å². The fourth-order valence-electron chi connectivity index (χ4n) is 0.508. The molecule has 0 amide bonds. The second-order valence-electron chi connectivity index (χ2n) is 2.02. The highest BCUT2D eigenvalue weighted by atomic mass is 32.2. The molecule has 0 radical (unpaired) electrons. The van der Waals surface area contributed by atoms with Crippen LogP contribution in [0.1, 0.15) is 0 Å². The summed E-state index contributed by atoms with van der Waals surface area (Å²) >= 11 is 0.951. The van der Waals surface area contributed by atoms with E-state index in [2.05, 4.69) is 27.2 Å². The molecule has 5 nitrogen and oxygen atoms in total. The summed E-state index contributed by atoms with van der Waals surface area (Å²) in [6.07, 6.45) is 2.42. The molecule has 0 aliphatic rings. The van der Waals surface area contributed by atoms with Crippen LogP contribution in [0.25, 0.3) is 0 Å². The van der Waals surface area contributed by atoms with Gasteiger partial charge in [0.05, 0.1) is 4.91 Å². The van der Waals surface area contributed by atoms with E-state index in [1.54, 1.807) is 0 Å². The van der Waals surface area contributed by atoms with Gasteiger partial charge in [0.2, 0.25) is 5.13 Å². The van der Waals surface area contributed by atoms with Gasteiger partial charge in [-0.2, -0.15) is 4.37 Å². The first-order chi connectivity index (χ1) is 6.06. The summed E-state index contributed by atoms with van der Waals surface area (Å²) in [6.45, 7) is 6.62. The van der Waals surface area contributed by atoms with Gasteiger partial charge < -0.3 is 0 Å². The molecule has 70 valence electrons. The number of hydrogen-bond acceptors (Lipinski definition) is 5. The van der Waals surface area contributed by atoms with Gasteiger partial charge in [-0.3, -0.25) is 4.72 Å². The van der Waals surface area contributed by atoms with E-state index in [4.69, 9.17) is 0 Å². The van der Waals surface area contributed by atoms with E-state index >= 15 is 0 Å². The van der Waals surface area contributed by atoms with Gasteiger partial charge in [-0.1, -0.05) is 13.2 Å². The molecule has 0 fully saturated rings. The molecule has 1 aromatic heterocycles. The van der Waals surface area contributed by atoms with Crippen molar-refractivity contribution in [2.24, 2.45) is 0 Å². The highest BCUT2D eigenvalue weighted by Crippen LogP contribution is 2.13. The van der Waals surface area contributed by atoms with Crippen LogP contribution in [0.5, 0.6) is 0 Å². The second kappa shape index (κ2) is 3.67. The maximum absolute atomic E-state index is 11.3. The molecule has 13 heavy (non-hydrogen) atoms. The van der Waals surface area contributed by atoms with E-state index in [1.165, 1.54) is 6.33 Å². The predicted molar refractivity (Wildman–Crippen MR) is 51.8 cm³/mol. The fourth-order valence-corrected chi connectivity index (χ4v) is 1.91. The van der Waals surface area contributed by atoms with Gasteiger partial charge in [0.15, 0.2) is 0 Å². The summed E-state index contributed by atoms with van der Waals surface area (Å²) in [5, 5.41) is 0.211. The Bertz CT molecular complexity index is 407. The molecule has 0 aliphatic carbocycles. The standard InChI is InChI=1S/C6H7N3O2S2/c1-3-5(2)13(10,11)9-6-7-4-8-12-6/h3-4H,1-2H2,(H,7,8,9). The van der Waals surface area contributed by atoms with Crippen molar-refractivity contribution in [3.05, 3.63) is 30.5 Å². The third-order valence-electron chi connectivity index (χ3n) is 1.16. The quantitative estimate of drug-likeness (QED) is 0.763. The molecule has 1 N–H and O–H groups in total. The van der Waals surface area contributed by atoms with Crippen LogP contribution in [0.15, 0.2) is 30.5 Å². The van der Waals surface area contributed by atoms with Crippen molar-refractivity contribution in [2.75, 3.05) is 4.72 Å². The third-order valence-corrected chi connectivity index (χ3v) is 3.18. The molecule has 1 heterocycles. The average Bonchev–Trinajstić information content (AvgIpc) is 2.54. The Hall–Kier alpha value is -1.21. The first-order valence-corrected chi connectivity index (χ1v) is 5.43. The topological polar surface area (TPSA) is 72.0 Å². The zero-order valence-electron chi connectivity index (χ0n) is 6.60. The number of nitrogens with zero attached hydrogens (tertiary/aromatic N) is 2. The average molecular weight is 217 g/mol. The first-order valence-electron chi connectivity index (χ1n) is 3.17. The lowest BCUT2D eigenvalue weighted by Crippen LogP contribution is -2.12. The van der Waals surface area contributed by atoms with Gasteiger partial charge in [0, 0.05) is 11.5 Å². The predicted octanol–water partition coefficient (Wildman–Crippen LogP) is 0.980. The zero-order chi connectivity index (χ0) is 9.90. The van der Waals surface area contributed by atoms with Gasteiger partial charge in [-0.05, 0) is 6.08 Å². The molecule has 7 heteroatoms. The normalized spacial score (nSPS) is 10.8. The minimum absolute atomic E-state index is 0.0947. The Kier molecular flexibility index (Phi) is 2.79. The molecular formula is C6H7N3O2S2. The SMILES string of the molecule is C=CC(=C)S(=O)(=O)Nc1ncns1. The zero-order valence-corrected chi connectivity index (χ0v) is 8.23. The van der Waals surface area contributed by atoms with Gasteiger partial charge in [-0.15, -0.1) is 0 Å². The van der Waals surface area contributed by atoms with Gasteiger partial charge in [-0.25, -0.2) is 13.4 Å². The van der Waals surface area contributed by atoms with Crippen molar-refractivity contribution in [1.82, 2.24) is 9.36 Å². The van der Waals surface area contributed by atoms with Crippen molar-refractivity contribution < 1.29 is 8.42 Å².